The summed E-state index contributed by atoms with van der Waals surface area (Å²) < 4.78 is 7.56. The number of carbonyl (C=O) groups is 1. The number of carbonyl (C=O) groups excluding carboxylic acids is 1. The van der Waals surface area contributed by atoms with Crippen molar-refractivity contribution in [1.29, 1.82) is 0 Å². The summed E-state index contributed by atoms with van der Waals surface area (Å²) in [5, 5.41) is 4.26. The standard InChI is InChI=1S/C14H20BrN3O2/c1-20-5-4-18-13(10(15)7-17-18)14(19)11-8-2-3-9(6-8)12(11)16/h7-9,11-12H,2-6,16H2,1H3. The highest BCUT2D eigenvalue weighted by atomic mass is 79.9. The Morgan fingerprint density at radius 2 is 2.30 bits per heavy atom. The predicted octanol–water partition coefficient (Wildman–Crippen LogP) is 1.85. The van der Waals surface area contributed by atoms with E-state index < -0.39 is 0 Å². The van der Waals surface area contributed by atoms with E-state index in [0.717, 1.165) is 17.3 Å². The molecular formula is C14H20BrN3O2. The largest absolute Gasteiger partial charge is 0.383 e. The fourth-order valence-corrected chi connectivity index (χ4v) is 4.33. The summed E-state index contributed by atoms with van der Waals surface area (Å²) >= 11 is 3.44. The zero-order valence-electron chi connectivity index (χ0n) is 11.6. The SMILES string of the molecule is COCCn1ncc(Br)c1C(=O)C1C2CCC(C2)C1N. The van der Waals surface area contributed by atoms with E-state index >= 15 is 0 Å². The highest BCUT2D eigenvalue weighted by Gasteiger charge is 2.49. The predicted molar refractivity (Wildman–Crippen MR) is 78.4 cm³/mol. The number of Topliss-reactive ketones (excluding diaryl/α,β-unsaturated/α-hetero) is 1. The second-order valence-electron chi connectivity index (χ2n) is 5.86. The summed E-state index contributed by atoms with van der Waals surface area (Å²) in [4.78, 5) is 12.9. The van der Waals surface area contributed by atoms with Gasteiger partial charge in [0.25, 0.3) is 0 Å². The quantitative estimate of drug-likeness (QED) is 0.829. The Labute approximate surface area is 127 Å². The van der Waals surface area contributed by atoms with Gasteiger partial charge in [0.15, 0.2) is 5.78 Å². The number of hydrogen-bond acceptors (Lipinski definition) is 4. The molecule has 1 heterocycles. The second-order valence-corrected chi connectivity index (χ2v) is 6.71. The number of rotatable bonds is 5. The van der Waals surface area contributed by atoms with Crippen LogP contribution >= 0.6 is 15.9 Å². The lowest BCUT2D eigenvalue weighted by atomic mass is 9.81. The fraction of sp³-hybridized carbons (Fsp3) is 0.714. The van der Waals surface area contributed by atoms with Crippen LogP contribution in [0.15, 0.2) is 10.7 Å². The summed E-state index contributed by atoms with van der Waals surface area (Å²) in [6.07, 6.45) is 5.11. The van der Waals surface area contributed by atoms with E-state index in [9.17, 15) is 4.79 Å². The molecule has 4 atom stereocenters. The molecule has 0 radical (unpaired) electrons. The van der Waals surface area contributed by atoms with E-state index in [4.69, 9.17) is 10.5 Å². The number of hydrogen-bond donors (Lipinski definition) is 1. The lowest BCUT2D eigenvalue weighted by Gasteiger charge is -2.27. The third kappa shape index (κ3) is 2.23. The number of aromatic nitrogens is 2. The lowest BCUT2D eigenvalue weighted by molar-refractivity contribution is 0.0840. The van der Waals surface area contributed by atoms with E-state index in [1.165, 1.54) is 6.42 Å². The summed E-state index contributed by atoms with van der Waals surface area (Å²) in [5.41, 5.74) is 6.93. The lowest BCUT2D eigenvalue weighted by Crippen LogP contribution is -2.41. The third-order valence-corrected chi connectivity index (χ3v) is 5.40. The maximum Gasteiger partial charge on any atom is 0.186 e. The Morgan fingerprint density at radius 1 is 1.55 bits per heavy atom. The van der Waals surface area contributed by atoms with Gasteiger partial charge in [-0.05, 0) is 47.0 Å². The summed E-state index contributed by atoms with van der Waals surface area (Å²) in [6, 6.07) is 0.0129. The molecular weight excluding hydrogens is 322 g/mol. The molecule has 6 heteroatoms. The van der Waals surface area contributed by atoms with Crippen molar-refractivity contribution < 1.29 is 9.53 Å². The molecule has 2 saturated carbocycles. The van der Waals surface area contributed by atoms with Crippen LogP contribution in [0.5, 0.6) is 0 Å². The molecule has 2 fully saturated rings. The molecule has 2 aliphatic rings. The molecule has 5 nitrogen and oxygen atoms in total. The van der Waals surface area contributed by atoms with E-state index in [1.54, 1.807) is 18.0 Å². The van der Waals surface area contributed by atoms with Crippen LogP contribution in [0.2, 0.25) is 0 Å². The first kappa shape index (κ1) is 14.2. The maximum absolute atomic E-state index is 12.9. The Bertz CT molecular complexity index is 515. The average Bonchev–Trinajstić information content (AvgIpc) is 3.10. The van der Waals surface area contributed by atoms with Gasteiger partial charge in [0.2, 0.25) is 0 Å². The van der Waals surface area contributed by atoms with Crippen molar-refractivity contribution in [2.24, 2.45) is 23.5 Å². The molecule has 4 unspecified atom stereocenters. The summed E-state index contributed by atoms with van der Waals surface area (Å²) in [7, 11) is 1.64. The summed E-state index contributed by atoms with van der Waals surface area (Å²) in [6.45, 7) is 1.12. The van der Waals surface area contributed by atoms with Gasteiger partial charge in [0.05, 0.1) is 23.8 Å². The van der Waals surface area contributed by atoms with Crippen molar-refractivity contribution in [3.05, 3.63) is 16.4 Å². The van der Waals surface area contributed by atoms with Gasteiger partial charge in [-0.3, -0.25) is 9.48 Å². The second kappa shape index (κ2) is 5.58. The number of fused-ring (bicyclic) bond motifs is 2. The van der Waals surface area contributed by atoms with Gasteiger partial charge >= 0.3 is 0 Å². The number of nitrogens with zero attached hydrogens (tertiary/aromatic N) is 2. The molecule has 1 aromatic rings. The van der Waals surface area contributed by atoms with Crippen molar-refractivity contribution in [3.8, 4) is 0 Å². The molecule has 0 amide bonds. The molecule has 2 aliphatic carbocycles. The van der Waals surface area contributed by atoms with E-state index in [0.29, 0.717) is 30.7 Å². The average molecular weight is 342 g/mol. The van der Waals surface area contributed by atoms with Crippen LogP contribution < -0.4 is 5.73 Å². The molecule has 1 aromatic heterocycles. The summed E-state index contributed by atoms with van der Waals surface area (Å²) in [5.74, 6) is 1.09. The first-order valence-electron chi connectivity index (χ1n) is 7.13. The number of ether oxygens (including phenoxy) is 1. The van der Waals surface area contributed by atoms with Gasteiger partial charge in [-0.15, -0.1) is 0 Å². The normalized spacial score (nSPS) is 31.9. The first-order chi connectivity index (χ1) is 9.63. The van der Waals surface area contributed by atoms with Crippen LogP contribution in [0.1, 0.15) is 29.8 Å². The Kier molecular flexibility index (Phi) is 3.97. The number of nitrogens with two attached hydrogens (primary N) is 1. The molecule has 0 aliphatic heterocycles. The van der Waals surface area contributed by atoms with E-state index in [1.807, 2.05) is 0 Å². The van der Waals surface area contributed by atoms with Gasteiger partial charge in [0, 0.05) is 19.1 Å². The Hall–Kier alpha value is -0.720. The Morgan fingerprint density at radius 3 is 2.95 bits per heavy atom. The van der Waals surface area contributed by atoms with Gasteiger partial charge in [0.1, 0.15) is 5.69 Å². The van der Waals surface area contributed by atoms with Crippen LogP contribution in [0, 0.1) is 17.8 Å². The molecule has 2 N–H and O–H groups in total. The van der Waals surface area contributed by atoms with Crippen LogP contribution in [-0.2, 0) is 11.3 Å². The highest BCUT2D eigenvalue weighted by Crippen LogP contribution is 2.48. The van der Waals surface area contributed by atoms with Crippen molar-refractivity contribution in [1.82, 2.24) is 9.78 Å². The minimum absolute atomic E-state index is 0.0129. The molecule has 3 rings (SSSR count). The van der Waals surface area contributed by atoms with Crippen LogP contribution in [0.3, 0.4) is 0 Å². The van der Waals surface area contributed by atoms with Crippen LogP contribution in [0.25, 0.3) is 0 Å². The monoisotopic (exact) mass is 341 g/mol. The smallest absolute Gasteiger partial charge is 0.186 e. The van der Waals surface area contributed by atoms with Gasteiger partial charge in [-0.25, -0.2) is 0 Å². The highest BCUT2D eigenvalue weighted by molar-refractivity contribution is 9.10. The van der Waals surface area contributed by atoms with Gasteiger partial charge < -0.3 is 10.5 Å². The first-order valence-corrected chi connectivity index (χ1v) is 7.92. The molecule has 2 bridgehead atoms. The minimum atomic E-state index is -0.0388. The number of halogens is 1. The van der Waals surface area contributed by atoms with Crippen molar-refractivity contribution >= 4 is 21.7 Å². The van der Waals surface area contributed by atoms with Gasteiger partial charge in [-0.1, -0.05) is 0 Å². The number of methoxy groups -OCH3 is 1. The molecule has 0 saturated heterocycles. The molecule has 20 heavy (non-hydrogen) atoms. The molecule has 0 spiro atoms. The van der Waals surface area contributed by atoms with Crippen molar-refractivity contribution in [3.63, 3.8) is 0 Å². The Balaban J connectivity index is 1.85. The van der Waals surface area contributed by atoms with E-state index in [2.05, 4.69) is 21.0 Å². The van der Waals surface area contributed by atoms with Crippen molar-refractivity contribution in [2.45, 2.75) is 31.8 Å². The topological polar surface area (TPSA) is 70.1 Å². The van der Waals surface area contributed by atoms with Crippen LogP contribution in [-0.4, -0.2) is 35.3 Å². The zero-order chi connectivity index (χ0) is 14.3. The fourth-order valence-electron chi connectivity index (χ4n) is 3.84. The minimum Gasteiger partial charge on any atom is -0.383 e. The zero-order valence-corrected chi connectivity index (χ0v) is 13.2. The third-order valence-electron chi connectivity index (χ3n) is 4.82. The number of ketones is 1. The van der Waals surface area contributed by atoms with Crippen LogP contribution in [0.4, 0.5) is 0 Å². The van der Waals surface area contributed by atoms with E-state index in [-0.39, 0.29) is 17.7 Å². The molecule has 110 valence electrons. The molecule has 0 aromatic carbocycles. The maximum atomic E-state index is 12.9. The van der Waals surface area contributed by atoms with Gasteiger partial charge in [-0.2, -0.15) is 5.10 Å². The van der Waals surface area contributed by atoms with Crippen molar-refractivity contribution in [2.75, 3.05) is 13.7 Å².